The van der Waals surface area contributed by atoms with Gasteiger partial charge in [0.25, 0.3) is 0 Å². The van der Waals surface area contributed by atoms with Gasteiger partial charge >= 0.3 is 0 Å². The van der Waals surface area contributed by atoms with Crippen LogP contribution in [0.15, 0.2) is 34.7 Å². The maximum Gasteiger partial charge on any atom is 0.203 e. The molecule has 0 unspecified atom stereocenters. The molecule has 0 aliphatic carbocycles. The molecule has 1 heterocycles. The molecule has 0 radical (unpaired) electrons. The van der Waals surface area contributed by atoms with Gasteiger partial charge in [-0.1, -0.05) is 11.6 Å². The summed E-state index contributed by atoms with van der Waals surface area (Å²) < 4.78 is 5.31. The van der Waals surface area contributed by atoms with Crippen LogP contribution >= 0.6 is 11.6 Å². The first kappa shape index (κ1) is 13.3. The minimum Gasteiger partial charge on any atom is -0.449 e. The van der Waals surface area contributed by atoms with Gasteiger partial charge in [-0.3, -0.25) is 0 Å². The number of nitrogens with zero attached hydrogens (tertiary/aromatic N) is 2. The van der Waals surface area contributed by atoms with E-state index in [2.05, 4.69) is 5.32 Å². The highest BCUT2D eigenvalue weighted by Gasteiger charge is 2.07. The first-order chi connectivity index (χ1) is 9.10. The molecule has 0 saturated heterocycles. The Labute approximate surface area is 117 Å². The number of nitriles is 1. The zero-order valence-corrected chi connectivity index (χ0v) is 11.5. The van der Waals surface area contributed by atoms with Crippen molar-refractivity contribution in [3.63, 3.8) is 0 Å². The van der Waals surface area contributed by atoms with Crippen LogP contribution in [0.1, 0.15) is 11.5 Å². The summed E-state index contributed by atoms with van der Waals surface area (Å²) in [4.78, 5) is 2.00. The van der Waals surface area contributed by atoms with Gasteiger partial charge in [0.15, 0.2) is 0 Å². The second kappa shape index (κ2) is 5.68. The number of anilines is 2. The van der Waals surface area contributed by atoms with E-state index < -0.39 is 0 Å². The molecule has 0 spiro atoms. The zero-order valence-electron chi connectivity index (χ0n) is 10.8. The van der Waals surface area contributed by atoms with E-state index in [0.29, 0.717) is 23.1 Å². The predicted octanol–water partition coefficient (Wildman–Crippen LogP) is 3.48. The summed E-state index contributed by atoms with van der Waals surface area (Å²) in [6.07, 6.45) is 0. The van der Waals surface area contributed by atoms with Crippen molar-refractivity contribution in [2.45, 2.75) is 6.54 Å². The first-order valence-electron chi connectivity index (χ1n) is 5.79. The number of nitrogens with one attached hydrogen (secondary N) is 1. The number of halogens is 1. The van der Waals surface area contributed by atoms with Crippen molar-refractivity contribution in [3.05, 3.63) is 46.9 Å². The van der Waals surface area contributed by atoms with Crippen LogP contribution < -0.4 is 10.2 Å². The molecule has 4 nitrogen and oxygen atoms in total. The fraction of sp³-hybridized carbons (Fsp3) is 0.214. The number of rotatable bonds is 4. The quantitative estimate of drug-likeness (QED) is 0.928. The minimum absolute atomic E-state index is 0.315. The molecule has 0 amide bonds. The SMILES string of the molecule is CN(C)c1ccc(Cl)cc1NCc1ccc(C#N)o1. The molecule has 19 heavy (non-hydrogen) atoms. The number of hydrogen-bond acceptors (Lipinski definition) is 4. The Hall–Kier alpha value is -2.12. The molecule has 1 aromatic carbocycles. The first-order valence-corrected chi connectivity index (χ1v) is 6.17. The van der Waals surface area contributed by atoms with E-state index in [-0.39, 0.29) is 0 Å². The maximum atomic E-state index is 8.70. The van der Waals surface area contributed by atoms with Crippen LogP contribution in [-0.4, -0.2) is 14.1 Å². The lowest BCUT2D eigenvalue weighted by Crippen LogP contribution is -2.12. The molecular formula is C14H14ClN3O. The average molecular weight is 276 g/mol. The second-order valence-electron chi connectivity index (χ2n) is 4.29. The van der Waals surface area contributed by atoms with Crippen LogP contribution in [-0.2, 0) is 6.54 Å². The summed E-state index contributed by atoms with van der Waals surface area (Å²) >= 11 is 6.00. The summed E-state index contributed by atoms with van der Waals surface area (Å²) in [5, 5.41) is 12.6. The summed E-state index contributed by atoms with van der Waals surface area (Å²) in [5.41, 5.74) is 1.96. The lowest BCUT2D eigenvalue weighted by atomic mass is 10.2. The zero-order chi connectivity index (χ0) is 13.8. The maximum absolute atomic E-state index is 8.70. The van der Waals surface area contributed by atoms with Gasteiger partial charge in [-0.15, -0.1) is 0 Å². The standard InChI is InChI=1S/C14H14ClN3O/c1-18(2)14-6-3-10(15)7-13(14)17-9-12-5-4-11(8-16)19-12/h3-7,17H,9H2,1-2H3. The van der Waals surface area contributed by atoms with Gasteiger partial charge < -0.3 is 14.6 Å². The molecule has 2 rings (SSSR count). The topological polar surface area (TPSA) is 52.2 Å². The second-order valence-corrected chi connectivity index (χ2v) is 4.72. The Morgan fingerprint density at radius 3 is 2.74 bits per heavy atom. The van der Waals surface area contributed by atoms with E-state index in [1.54, 1.807) is 12.1 Å². The molecule has 5 heteroatoms. The van der Waals surface area contributed by atoms with Crippen LogP contribution in [0.3, 0.4) is 0 Å². The third-order valence-electron chi connectivity index (χ3n) is 2.67. The minimum atomic E-state index is 0.315. The average Bonchev–Trinajstić information content (AvgIpc) is 2.84. The van der Waals surface area contributed by atoms with Crippen molar-refractivity contribution >= 4 is 23.0 Å². The summed E-state index contributed by atoms with van der Waals surface area (Å²) in [6, 6.07) is 11.1. The lowest BCUT2D eigenvalue weighted by Gasteiger charge is -2.18. The van der Waals surface area contributed by atoms with Crippen molar-refractivity contribution in [2.75, 3.05) is 24.3 Å². The fourth-order valence-corrected chi connectivity index (χ4v) is 1.93. The Kier molecular flexibility index (Phi) is 3.98. The smallest absolute Gasteiger partial charge is 0.203 e. The van der Waals surface area contributed by atoms with Gasteiger partial charge in [0.1, 0.15) is 11.8 Å². The van der Waals surface area contributed by atoms with E-state index in [1.165, 1.54) is 0 Å². The van der Waals surface area contributed by atoms with Crippen molar-refractivity contribution in [3.8, 4) is 6.07 Å². The number of benzene rings is 1. The molecule has 0 bridgehead atoms. The molecule has 0 fully saturated rings. The van der Waals surface area contributed by atoms with E-state index in [9.17, 15) is 0 Å². The van der Waals surface area contributed by atoms with Crippen LogP contribution in [0.5, 0.6) is 0 Å². The molecule has 0 atom stereocenters. The van der Waals surface area contributed by atoms with Gasteiger partial charge in [-0.2, -0.15) is 5.26 Å². The van der Waals surface area contributed by atoms with Crippen LogP contribution in [0.2, 0.25) is 5.02 Å². The Morgan fingerprint density at radius 2 is 2.11 bits per heavy atom. The van der Waals surface area contributed by atoms with Gasteiger partial charge in [-0.05, 0) is 30.3 Å². The molecule has 1 aromatic heterocycles. The van der Waals surface area contributed by atoms with E-state index in [0.717, 1.165) is 11.4 Å². The normalized spacial score (nSPS) is 10.0. The largest absolute Gasteiger partial charge is 0.449 e. The molecule has 98 valence electrons. The van der Waals surface area contributed by atoms with E-state index >= 15 is 0 Å². The monoisotopic (exact) mass is 275 g/mol. The molecular weight excluding hydrogens is 262 g/mol. The van der Waals surface area contributed by atoms with Crippen molar-refractivity contribution in [2.24, 2.45) is 0 Å². The highest BCUT2D eigenvalue weighted by molar-refractivity contribution is 6.31. The van der Waals surface area contributed by atoms with E-state index in [1.807, 2.05) is 43.3 Å². The number of furan rings is 1. The number of hydrogen-bond donors (Lipinski definition) is 1. The van der Waals surface area contributed by atoms with Crippen molar-refractivity contribution < 1.29 is 4.42 Å². The molecule has 1 N–H and O–H groups in total. The summed E-state index contributed by atoms with van der Waals surface area (Å²) in [5.74, 6) is 1.02. The van der Waals surface area contributed by atoms with E-state index in [4.69, 9.17) is 21.3 Å². The van der Waals surface area contributed by atoms with Gasteiger partial charge in [-0.25, -0.2) is 0 Å². The molecule has 0 aliphatic heterocycles. The lowest BCUT2D eigenvalue weighted by molar-refractivity contribution is 0.506. The highest BCUT2D eigenvalue weighted by atomic mass is 35.5. The molecule has 2 aromatic rings. The van der Waals surface area contributed by atoms with Crippen molar-refractivity contribution in [1.82, 2.24) is 0 Å². The molecule has 0 saturated carbocycles. The fourth-order valence-electron chi connectivity index (χ4n) is 1.76. The van der Waals surface area contributed by atoms with Gasteiger partial charge in [0, 0.05) is 19.1 Å². The predicted molar refractivity (Wildman–Crippen MR) is 76.5 cm³/mol. The van der Waals surface area contributed by atoms with Gasteiger partial charge in [0.2, 0.25) is 5.76 Å². The van der Waals surface area contributed by atoms with Crippen LogP contribution in [0.4, 0.5) is 11.4 Å². The Morgan fingerprint density at radius 1 is 1.32 bits per heavy atom. The Bertz CT molecular complexity index is 613. The van der Waals surface area contributed by atoms with Crippen molar-refractivity contribution in [1.29, 1.82) is 5.26 Å². The third kappa shape index (κ3) is 3.21. The Balaban J connectivity index is 2.14. The highest BCUT2D eigenvalue weighted by Crippen LogP contribution is 2.28. The summed E-state index contributed by atoms with van der Waals surface area (Å²) in [7, 11) is 3.93. The molecule has 0 aliphatic rings. The van der Waals surface area contributed by atoms with Crippen LogP contribution in [0, 0.1) is 11.3 Å². The summed E-state index contributed by atoms with van der Waals surface area (Å²) in [6.45, 7) is 0.503. The third-order valence-corrected chi connectivity index (χ3v) is 2.90. The van der Waals surface area contributed by atoms with Crippen LogP contribution in [0.25, 0.3) is 0 Å². The van der Waals surface area contributed by atoms with Gasteiger partial charge in [0.05, 0.1) is 17.9 Å².